The minimum Gasteiger partial charge on any atom is -0.493 e. The Morgan fingerprint density at radius 1 is 0.885 bits per heavy atom. The monoisotopic (exact) mass is 355 g/mol. The van der Waals surface area contributed by atoms with E-state index in [1.54, 1.807) is 20.4 Å². The van der Waals surface area contributed by atoms with Crippen LogP contribution in [-0.2, 0) is 13.0 Å². The Kier molecular flexibility index (Phi) is 4.77. The standard InChI is InChI=1S/C19H25N5O2/c1-25-16-10-14-6-9-24(13-15(14)11-17(16)26-2)19-21-18(12-20-22-19)23-7-4-3-5-8-23/h10-12H,3-9,13H2,1-2H3. The first-order chi connectivity index (χ1) is 12.8. The molecule has 26 heavy (non-hydrogen) atoms. The van der Waals surface area contributed by atoms with Crippen molar-refractivity contribution in [2.75, 3.05) is 43.7 Å². The Hall–Kier alpha value is -2.57. The number of piperidine rings is 1. The molecule has 1 aromatic heterocycles. The molecule has 138 valence electrons. The van der Waals surface area contributed by atoms with Gasteiger partial charge in [-0.1, -0.05) is 0 Å². The number of nitrogens with zero attached hydrogens (tertiary/aromatic N) is 5. The molecule has 2 aliphatic rings. The first kappa shape index (κ1) is 16.9. The third-order valence-corrected chi connectivity index (χ3v) is 5.22. The predicted octanol–water partition coefficient (Wildman–Crippen LogP) is 2.44. The third kappa shape index (κ3) is 3.25. The maximum Gasteiger partial charge on any atom is 0.247 e. The lowest BCUT2D eigenvalue weighted by atomic mass is 9.99. The van der Waals surface area contributed by atoms with E-state index < -0.39 is 0 Å². The Balaban J connectivity index is 1.57. The highest BCUT2D eigenvalue weighted by Gasteiger charge is 2.22. The zero-order chi connectivity index (χ0) is 17.9. The van der Waals surface area contributed by atoms with Crippen LogP contribution in [0.15, 0.2) is 18.3 Å². The van der Waals surface area contributed by atoms with Crippen LogP contribution in [-0.4, -0.2) is 49.0 Å². The molecule has 0 radical (unpaired) electrons. The van der Waals surface area contributed by atoms with E-state index >= 15 is 0 Å². The van der Waals surface area contributed by atoms with Crippen molar-refractivity contribution >= 4 is 11.8 Å². The zero-order valence-electron chi connectivity index (χ0n) is 15.4. The van der Waals surface area contributed by atoms with Gasteiger partial charge in [0.05, 0.1) is 20.4 Å². The van der Waals surface area contributed by atoms with Crippen LogP contribution < -0.4 is 19.3 Å². The number of aromatic nitrogens is 3. The molecule has 0 unspecified atom stereocenters. The van der Waals surface area contributed by atoms with Crippen LogP contribution in [0.4, 0.5) is 11.8 Å². The lowest BCUT2D eigenvalue weighted by Crippen LogP contribution is -2.34. The summed E-state index contributed by atoms with van der Waals surface area (Å²) >= 11 is 0. The molecular formula is C19H25N5O2. The molecule has 1 saturated heterocycles. The van der Waals surface area contributed by atoms with Crippen LogP contribution in [0.2, 0.25) is 0 Å². The van der Waals surface area contributed by atoms with Crippen molar-refractivity contribution in [1.82, 2.24) is 15.2 Å². The minimum absolute atomic E-state index is 0.702. The second-order valence-electron chi connectivity index (χ2n) is 6.81. The highest BCUT2D eigenvalue weighted by Crippen LogP contribution is 2.34. The molecule has 2 aromatic rings. The summed E-state index contributed by atoms with van der Waals surface area (Å²) in [7, 11) is 3.34. The fourth-order valence-corrected chi connectivity index (χ4v) is 3.75. The molecule has 0 spiro atoms. The topological polar surface area (TPSA) is 63.6 Å². The van der Waals surface area contributed by atoms with Crippen LogP contribution in [0.5, 0.6) is 11.5 Å². The number of methoxy groups -OCH3 is 2. The van der Waals surface area contributed by atoms with Crippen molar-refractivity contribution in [1.29, 1.82) is 0 Å². The molecule has 0 amide bonds. The van der Waals surface area contributed by atoms with E-state index in [1.165, 1.54) is 30.4 Å². The van der Waals surface area contributed by atoms with Gasteiger partial charge in [0.25, 0.3) is 0 Å². The molecule has 0 bridgehead atoms. The normalized spacial score (nSPS) is 17.0. The number of ether oxygens (including phenoxy) is 2. The number of fused-ring (bicyclic) bond motifs is 1. The van der Waals surface area contributed by atoms with Crippen LogP contribution >= 0.6 is 0 Å². The molecule has 3 heterocycles. The number of hydrogen-bond donors (Lipinski definition) is 0. The summed E-state index contributed by atoms with van der Waals surface area (Å²) in [5.41, 5.74) is 2.51. The number of benzene rings is 1. The molecule has 0 N–H and O–H groups in total. The Bertz CT molecular complexity index is 777. The van der Waals surface area contributed by atoms with Gasteiger partial charge in [-0.2, -0.15) is 10.1 Å². The van der Waals surface area contributed by atoms with E-state index in [0.29, 0.717) is 5.95 Å². The quantitative estimate of drug-likeness (QED) is 0.835. The number of hydrogen-bond acceptors (Lipinski definition) is 7. The number of anilines is 2. The van der Waals surface area contributed by atoms with Gasteiger partial charge in [0, 0.05) is 26.2 Å². The van der Waals surface area contributed by atoms with Gasteiger partial charge in [-0.3, -0.25) is 0 Å². The largest absolute Gasteiger partial charge is 0.493 e. The van der Waals surface area contributed by atoms with Gasteiger partial charge in [-0.25, -0.2) is 0 Å². The van der Waals surface area contributed by atoms with E-state index in [0.717, 1.165) is 49.9 Å². The summed E-state index contributed by atoms with van der Waals surface area (Å²) < 4.78 is 10.9. The van der Waals surface area contributed by atoms with Gasteiger partial charge < -0.3 is 19.3 Å². The Labute approximate surface area is 154 Å². The first-order valence-corrected chi connectivity index (χ1v) is 9.22. The molecule has 0 aliphatic carbocycles. The van der Waals surface area contributed by atoms with Crippen molar-refractivity contribution in [3.63, 3.8) is 0 Å². The van der Waals surface area contributed by atoms with Gasteiger partial charge in [-0.15, -0.1) is 5.10 Å². The molecule has 2 aliphatic heterocycles. The first-order valence-electron chi connectivity index (χ1n) is 9.22. The zero-order valence-corrected chi connectivity index (χ0v) is 15.4. The summed E-state index contributed by atoms with van der Waals surface area (Å²) in [6.07, 6.45) is 6.44. The van der Waals surface area contributed by atoms with Gasteiger partial charge >= 0.3 is 0 Å². The molecule has 1 aromatic carbocycles. The van der Waals surface area contributed by atoms with Gasteiger partial charge in [-0.05, 0) is 48.9 Å². The predicted molar refractivity (Wildman–Crippen MR) is 100 cm³/mol. The van der Waals surface area contributed by atoms with Crippen molar-refractivity contribution < 1.29 is 9.47 Å². The van der Waals surface area contributed by atoms with Gasteiger partial charge in [0.15, 0.2) is 17.3 Å². The van der Waals surface area contributed by atoms with Crippen LogP contribution in [0.25, 0.3) is 0 Å². The maximum absolute atomic E-state index is 5.45. The summed E-state index contributed by atoms with van der Waals surface area (Å²) in [6, 6.07) is 4.14. The third-order valence-electron chi connectivity index (χ3n) is 5.22. The van der Waals surface area contributed by atoms with Crippen molar-refractivity contribution in [2.45, 2.75) is 32.2 Å². The summed E-state index contributed by atoms with van der Waals surface area (Å²) in [4.78, 5) is 9.29. The molecule has 7 nitrogen and oxygen atoms in total. The summed E-state index contributed by atoms with van der Waals surface area (Å²) in [5.74, 6) is 3.18. The maximum atomic E-state index is 5.45. The van der Waals surface area contributed by atoms with Gasteiger partial charge in [0.1, 0.15) is 0 Å². The molecule has 4 rings (SSSR count). The SMILES string of the molecule is COc1cc2c(cc1OC)CN(c1nncc(N3CCCCC3)n1)CC2. The summed E-state index contributed by atoms with van der Waals surface area (Å²) in [6.45, 7) is 3.73. The smallest absolute Gasteiger partial charge is 0.247 e. The molecular weight excluding hydrogens is 330 g/mol. The number of rotatable bonds is 4. The van der Waals surface area contributed by atoms with Crippen molar-refractivity contribution in [2.24, 2.45) is 0 Å². The molecule has 7 heteroatoms. The lowest BCUT2D eigenvalue weighted by molar-refractivity contribution is 0.353. The van der Waals surface area contributed by atoms with E-state index in [1.807, 2.05) is 0 Å². The van der Waals surface area contributed by atoms with E-state index in [-0.39, 0.29) is 0 Å². The highest BCUT2D eigenvalue weighted by atomic mass is 16.5. The molecule has 0 atom stereocenters. The average molecular weight is 355 g/mol. The van der Waals surface area contributed by atoms with E-state index in [9.17, 15) is 0 Å². The second-order valence-corrected chi connectivity index (χ2v) is 6.81. The van der Waals surface area contributed by atoms with Crippen LogP contribution in [0.3, 0.4) is 0 Å². The van der Waals surface area contributed by atoms with Crippen molar-refractivity contribution in [3.05, 3.63) is 29.5 Å². The summed E-state index contributed by atoms with van der Waals surface area (Å²) in [5, 5.41) is 8.50. The molecule has 1 fully saturated rings. The van der Waals surface area contributed by atoms with E-state index in [4.69, 9.17) is 14.5 Å². The Morgan fingerprint density at radius 2 is 1.62 bits per heavy atom. The fourth-order valence-electron chi connectivity index (χ4n) is 3.75. The Morgan fingerprint density at radius 3 is 2.35 bits per heavy atom. The van der Waals surface area contributed by atoms with Crippen LogP contribution in [0.1, 0.15) is 30.4 Å². The van der Waals surface area contributed by atoms with Crippen molar-refractivity contribution in [3.8, 4) is 11.5 Å². The van der Waals surface area contributed by atoms with Crippen LogP contribution in [0, 0.1) is 0 Å². The van der Waals surface area contributed by atoms with E-state index in [2.05, 4.69) is 32.1 Å². The minimum atomic E-state index is 0.702. The molecule has 0 saturated carbocycles. The van der Waals surface area contributed by atoms with Gasteiger partial charge in [0.2, 0.25) is 5.95 Å². The fraction of sp³-hybridized carbons (Fsp3) is 0.526. The second kappa shape index (κ2) is 7.35. The average Bonchev–Trinajstić information content (AvgIpc) is 2.73. The highest BCUT2D eigenvalue weighted by molar-refractivity contribution is 5.51. The lowest BCUT2D eigenvalue weighted by Gasteiger charge is -2.31.